The van der Waals surface area contributed by atoms with Crippen molar-refractivity contribution in [2.45, 2.75) is 51.2 Å². The first kappa shape index (κ1) is 19.3. The van der Waals surface area contributed by atoms with Gasteiger partial charge in [0.15, 0.2) is 11.6 Å². The molecule has 0 aromatic heterocycles. The number of ether oxygens (including phenoxy) is 1. The van der Waals surface area contributed by atoms with Crippen LogP contribution in [0.1, 0.15) is 48.8 Å². The Hall–Kier alpha value is -2.63. The minimum absolute atomic E-state index is 0.0790. The van der Waals surface area contributed by atoms with E-state index >= 15 is 0 Å². The Morgan fingerprint density at radius 1 is 1.13 bits per heavy atom. The zero-order valence-corrected chi connectivity index (χ0v) is 16.9. The summed E-state index contributed by atoms with van der Waals surface area (Å²) in [5.74, 6) is -1.64. The molecule has 1 N–H and O–H groups in total. The van der Waals surface area contributed by atoms with Crippen molar-refractivity contribution in [2.75, 3.05) is 11.4 Å². The molecular weight excluding hydrogens is 388 g/mol. The van der Waals surface area contributed by atoms with Crippen LogP contribution in [0.4, 0.5) is 14.5 Å². The van der Waals surface area contributed by atoms with E-state index in [-0.39, 0.29) is 23.6 Å². The number of rotatable bonds is 5. The van der Waals surface area contributed by atoms with Gasteiger partial charge in [0.05, 0.1) is 17.7 Å². The highest BCUT2D eigenvalue weighted by molar-refractivity contribution is 5.75. The molecule has 2 saturated carbocycles. The molecule has 2 aliphatic carbocycles. The van der Waals surface area contributed by atoms with E-state index in [0.717, 1.165) is 35.6 Å². The summed E-state index contributed by atoms with van der Waals surface area (Å²) in [6, 6.07) is 8.82. The molecule has 0 radical (unpaired) electrons. The van der Waals surface area contributed by atoms with E-state index in [4.69, 9.17) is 9.84 Å². The monoisotopic (exact) mass is 413 g/mol. The minimum Gasteiger partial charge on any atom is -0.490 e. The van der Waals surface area contributed by atoms with E-state index in [1.165, 1.54) is 0 Å². The average Bonchev–Trinajstić information content (AvgIpc) is 3.50. The fraction of sp³-hybridized carbons (Fsp3) is 0.458. The molecule has 0 spiro atoms. The Morgan fingerprint density at radius 2 is 1.93 bits per heavy atom. The second-order valence-corrected chi connectivity index (χ2v) is 9.04. The van der Waals surface area contributed by atoms with Crippen molar-refractivity contribution in [2.24, 2.45) is 11.8 Å². The number of carbonyl (C=O) groups is 1. The van der Waals surface area contributed by atoms with Crippen LogP contribution in [0.25, 0.3) is 0 Å². The van der Waals surface area contributed by atoms with Gasteiger partial charge in [0, 0.05) is 25.2 Å². The van der Waals surface area contributed by atoms with Crippen molar-refractivity contribution < 1.29 is 23.4 Å². The van der Waals surface area contributed by atoms with Gasteiger partial charge in [-0.25, -0.2) is 8.78 Å². The highest BCUT2D eigenvalue weighted by Crippen LogP contribution is 2.48. The van der Waals surface area contributed by atoms with Crippen LogP contribution in [0.2, 0.25) is 0 Å². The molecule has 2 unspecified atom stereocenters. The second-order valence-electron chi connectivity index (χ2n) is 9.04. The summed E-state index contributed by atoms with van der Waals surface area (Å²) in [5.41, 5.74) is 3.53. The summed E-state index contributed by atoms with van der Waals surface area (Å²) in [5, 5.41) is 9.16. The zero-order chi connectivity index (χ0) is 21.0. The fourth-order valence-corrected chi connectivity index (χ4v) is 4.81. The van der Waals surface area contributed by atoms with Gasteiger partial charge in [-0.05, 0) is 54.2 Å². The molecule has 0 saturated heterocycles. The molecule has 6 heteroatoms. The van der Waals surface area contributed by atoms with Crippen LogP contribution in [0.5, 0.6) is 5.75 Å². The molecule has 0 amide bonds. The van der Waals surface area contributed by atoms with E-state index < -0.39 is 17.6 Å². The number of carboxylic acid groups (broad SMARTS) is 1. The maximum Gasteiger partial charge on any atom is 0.307 e. The molecule has 2 aromatic rings. The molecule has 158 valence electrons. The molecule has 4 nitrogen and oxygen atoms in total. The summed E-state index contributed by atoms with van der Waals surface area (Å²) in [4.78, 5) is 13.0. The zero-order valence-electron chi connectivity index (χ0n) is 16.9. The van der Waals surface area contributed by atoms with Crippen molar-refractivity contribution >= 4 is 11.7 Å². The van der Waals surface area contributed by atoms with Crippen LogP contribution >= 0.6 is 0 Å². The molecule has 3 aliphatic rings. The standard InChI is InChI=1S/C24H25F2NO3/c1-13-6-17(7-13)30-18-9-21(25)23(26)22(10-18)27-5-4-14-8-15(2-3-16(14)12-27)19-11-20(19)24(28)29/h2-3,8-10,13,17,19-20H,4-7,11-12H2,1H3,(H,28,29)/t13-,17-,19?,20?. The molecule has 1 heterocycles. The van der Waals surface area contributed by atoms with Crippen LogP contribution in [-0.2, 0) is 17.8 Å². The largest absolute Gasteiger partial charge is 0.490 e. The number of hydrogen-bond acceptors (Lipinski definition) is 3. The number of hydrogen-bond donors (Lipinski definition) is 1. The number of nitrogens with zero attached hydrogens (tertiary/aromatic N) is 1. The van der Waals surface area contributed by atoms with Gasteiger partial charge in [0.25, 0.3) is 0 Å². The van der Waals surface area contributed by atoms with E-state index in [0.29, 0.717) is 37.6 Å². The predicted octanol–water partition coefficient (Wildman–Crippen LogP) is 4.89. The summed E-state index contributed by atoms with van der Waals surface area (Å²) in [6.07, 6.45) is 3.36. The Labute approximate surface area is 174 Å². The SMILES string of the molecule is C[C@H]1C[C@H](Oc2cc(F)c(F)c(N3CCc4cc(C5CC5C(=O)O)ccc4C3)c2)C1. The second kappa shape index (κ2) is 7.25. The lowest BCUT2D eigenvalue weighted by molar-refractivity contribution is -0.138. The quantitative estimate of drug-likeness (QED) is 0.758. The van der Waals surface area contributed by atoms with Crippen LogP contribution in [-0.4, -0.2) is 23.7 Å². The van der Waals surface area contributed by atoms with Gasteiger partial charge >= 0.3 is 5.97 Å². The molecule has 2 atom stereocenters. The first-order chi connectivity index (χ1) is 14.4. The lowest BCUT2D eigenvalue weighted by Gasteiger charge is -2.34. The van der Waals surface area contributed by atoms with Gasteiger partial charge < -0.3 is 14.7 Å². The maximum atomic E-state index is 14.6. The van der Waals surface area contributed by atoms with Crippen molar-refractivity contribution in [1.82, 2.24) is 0 Å². The average molecular weight is 413 g/mol. The lowest BCUT2D eigenvalue weighted by Crippen LogP contribution is -2.33. The Morgan fingerprint density at radius 3 is 2.63 bits per heavy atom. The number of carboxylic acids is 1. The normalized spacial score (nSPS) is 27.2. The first-order valence-corrected chi connectivity index (χ1v) is 10.6. The van der Waals surface area contributed by atoms with Crippen LogP contribution in [0.3, 0.4) is 0 Å². The third kappa shape index (κ3) is 3.53. The fourth-order valence-electron chi connectivity index (χ4n) is 4.81. The summed E-state index contributed by atoms with van der Waals surface area (Å²) in [6.45, 7) is 3.21. The molecular formula is C24H25F2NO3. The molecule has 30 heavy (non-hydrogen) atoms. The molecule has 2 fully saturated rings. The highest BCUT2D eigenvalue weighted by Gasteiger charge is 2.44. The molecule has 2 aromatic carbocycles. The van der Waals surface area contributed by atoms with E-state index in [1.807, 2.05) is 17.0 Å². The highest BCUT2D eigenvalue weighted by atomic mass is 19.2. The van der Waals surface area contributed by atoms with E-state index in [9.17, 15) is 13.6 Å². The van der Waals surface area contributed by atoms with Crippen LogP contribution in [0, 0.1) is 23.5 Å². The van der Waals surface area contributed by atoms with Crippen LogP contribution in [0.15, 0.2) is 30.3 Å². The summed E-state index contributed by atoms with van der Waals surface area (Å²) >= 11 is 0. The number of benzene rings is 2. The van der Waals surface area contributed by atoms with E-state index in [2.05, 4.69) is 13.0 Å². The van der Waals surface area contributed by atoms with E-state index in [1.54, 1.807) is 6.07 Å². The topological polar surface area (TPSA) is 49.8 Å². The maximum absolute atomic E-state index is 14.6. The van der Waals surface area contributed by atoms with Gasteiger partial charge in [0.1, 0.15) is 5.75 Å². The summed E-state index contributed by atoms with van der Waals surface area (Å²) in [7, 11) is 0. The Bertz CT molecular complexity index is 1000. The third-order valence-electron chi connectivity index (χ3n) is 6.73. The molecule has 0 bridgehead atoms. The number of fused-ring (bicyclic) bond motifs is 1. The van der Waals surface area contributed by atoms with Crippen molar-refractivity contribution in [3.05, 3.63) is 58.7 Å². The third-order valence-corrected chi connectivity index (χ3v) is 6.73. The lowest BCUT2D eigenvalue weighted by atomic mass is 9.84. The van der Waals surface area contributed by atoms with Gasteiger partial charge in [-0.3, -0.25) is 4.79 Å². The van der Waals surface area contributed by atoms with Gasteiger partial charge in [-0.15, -0.1) is 0 Å². The molecule has 1 aliphatic heterocycles. The van der Waals surface area contributed by atoms with Crippen molar-refractivity contribution in [1.29, 1.82) is 0 Å². The van der Waals surface area contributed by atoms with Crippen LogP contribution < -0.4 is 9.64 Å². The van der Waals surface area contributed by atoms with Crippen molar-refractivity contribution in [3.63, 3.8) is 0 Å². The van der Waals surface area contributed by atoms with Gasteiger partial charge in [-0.1, -0.05) is 25.1 Å². The number of aliphatic carboxylic acids is 1. The predicted molar refractivity (Wildman–Crippen MR) is 109 cm³/mol. The van der Waals surface area contributed by atoms with Crippen molar-refractivity contribution in [3.8, 4) is 5.75 Å². The molecule has 5 rings (SSSR count). The van der Waals surface area contributed by atoms with Gasteiger partial charge in [0.2, 0.25) is 0 Å². The number of halogens is 2. The van der Waals surface area contributed by atoms with Gasteiger partial charge in [-0.2, -0.15) is 0 Å². The summed E-state index contributed by atoms with van der Waals surface area (Å²) < 4.78 is 34.7. The Kier molecular flexibility index (Phi) is 4.68. The number of anilines is 1. The minimum atomic E-state index is -0.885. The smallest absolute Gasteiger partial charge is 0.307 e. The first-order valence-electron chi connectivity index (χ1n) is 10.6. The Balaban J connectivity index is 1.34.